The number of unbranched alkanes of at least 4 members (excludes halogenated alkanes) is 12. The van der Waals surface area contributed by atoms with Gasteiger partial charge in [-0.15, -0.1) is 0 Å². The fourth-order valence-corrected chi connectivity index (χ4v) is 10.3. The Hall–Kier alpha value is -3.54. The zero-order chi connectivity index (χ0) is 36.3. The van der Waals surface area contributed by atoms with E-state index < -0.39 is 0 Å². The number of hydrogen-bond donors (Lipinski definition) is 0. The van der Waals surface area contributed by atoms with E-state index in [1.165, 1.54) is 158 Å². The largest absolute Gasteiger partial charge is 0.243 e. The van der Waals surface area contributed by atoms with Crippen molar-refractivity contribution in [1.29, 1.82) is 0 Å². The molecule has 278 valence electrons. The summed E-state index contributed by atoms with van der Waals surface area (Å²) in [6.07, 6.45) is 24.6. The van der Waals surface area contributed by atoms with Gasteiger partial charge in [-0.25, -0.2) is 9.26 Å². The van der Waals surface area contributed by atoms with E-state index in [2.05, 4.69) is 86.4 Å². The average molecular weight is 703 g/mol. The summed E-state index contributed by atoms with van der Waals surface area (Å²) in [6, 6.07) is 10.2. The number of nitrogens with zero attached hydrogens (tertiary/aromatic N) is 4. The van der Waals surface area contributed by atoms with Gasteiger partial charge in [-0.3, -0.25) is 0 Å². The lowest BCUT2D eigenvalue weighted by Crippen LogP contribution is -2.27. The van der Waals surface area contributed by atoms with Crippen LogP contribution < -0.4 is 0 Å². The lowest BCUT2D eigenvalue weighted by atomic mass is 9.68. The van der Waals surface area contributed by atoms with E-state index in [-0.39, 0.29) is 10.8 Å². The molecule has 2 heterocycles. The maximum atomic E-state index is 5.54. The molecule has 0 fully saturated rings. The van der Waals surface area contributed by atoms with E-state index in [9.17, 15) is 0 Å². The number of hydrogen-bond acceptors (Lipinski definition) is 6. The first kappa shape index (κ1) is 36.8. The molecule has 6 nitrogen and oxygen atoms in total. The molecule has 0 amide bonds. The molecule has 2 aliphatic rings. The van der Waals surface area contributed by atoms with Gasteiger partial charge in [0.25, 0.3) is 0 Å². The summed E-state index contributed by atoms with van der Waals surface area (Å²) < 4.78 is 11.1. The standard InChI is InChI=1S/C46H62N4O2/c1-7-11-15-19-23-45(24-20-16-12-8-2)35-29-34-36(30-33(35)39-37(45)27-31(5)41-43(39)49-51-47-41)46(25-21-17-13-9-3,26-22-18-14-10-4)38-28-32(6)42-44(40(34)38)50-52-48-42/h27-30H,7-26H2,1-6H3. The number of benzene rings is 3. The molecule has 0 atom stereocenters. The van der Waals surface area contributed by atoms with Crippen molar-refractivity contribution < 1.29 is 9.26 Å². The summed E-state index contributed by atoms with van der Waals surface area (Å²) in [5, 5.41) is 18.3. The van der Waals surface area contributed by atoms with Crippen LogP contribution in [-0.4, -0.2) is 20.6 Å². The molecule has 0 N–H and O–H groups in total. The predicted molar refractivity (Wildman–Crippen MR) is 214 cm³/mol. The number of fused-ring (bicyclic) bond motifs is 10. The molecule has 0 unspecified atom stereocenters. The molecule has 0 aliphatic heterocycles. The number of rotatable bonds is 20. The van der Waals surface area contributed by atoms with Gasteiger partial charge in [-0.1, -0.05) is 143 Å². The van der Waals surface area contributed by atoms with Gasteiger partial charge in [0.1, 0.15) is 22.1 Å². The summed E-state index contributed by atoms with van der Waals surface area (Å²) in [4.78, 5) is 0. The highest BCUT2D eigenvalue weighted by Gasteiger charge is 2.49. The Balaban J connectivity index is 1.51. The monoisotopic (exact) mass is 702 g/mol. The summed E-state index contributed by atoms with van der Waals surface area (Å²) in [7, 11) is 0. The zero-order valence-corrected chi connectivity index (χ0v) is 33.1. The van der Waals surface area contributed by atoms with Gasteiger partial charge in [0.2, 0.25) is 0 Å². The third-order valence-electron chi connectivity index (χ3n) is 13.0. The second-order valence-electron chi connectivity index (χ2n) is 16.5. The van der Waals surface area contributed by atoms with E-state index >= 15 is 0 Å². The van der Waals surface area contributed by atoms with Crippen molar-refractivity contribution in [3.05, 3.63) is 57.6 Å². The highest BCUT2D eigenvalue weighted by Crippen LogP contribution is 2.62. The van der Waals surface area contributed by atoms with E-state index in [1.54, 1.807) is 0 Å². The van der Waals surface area contributed by atoms with Crippen molar-refractivity contribution in [2.75, 3.05) is 0 Å². The summed E-state index contributed by atoms with van der Waals surface area (Å²) in [6.45, 7) is 13.7. The molecule has 0 bridgehead atoms. The van der Waals surface area contributed by atoms with Crippen molar-refractivity contribution in [3.63, 3.8) is 0 Å². The summed E-state index contributed by atoms with van der Waals surface area (Å²) in [5.41, 5.74) is 17.0. The van der Waals surface area contributed by atoms with Gasteiger partial charge in [0.15, 0.2) is 0 Å². The quantitative estimate of drug-likeness (QED) is 0.0751. The lowest BCUT2D eigenvalue weighted by molar-refractivity contribution is 0.315. The van der Waals surface area contributed by atoms with Crippen molar-refractivity contribution in [2.24, 2.45) is 0 Å². The smallest absolute Gasteiger partial charge is 0.143 e. The van der Waals surface area contributed by atoms with Crippen LogP contribution >= 0.6 is 0 Å². The molecule has 6 heteroatoms. The van der Waals surface area contributed by atoms with Gasteiger partial charge in [0, 0.05) is 22.0 Å². The Kier molecular flexibility index (Phi) is 11.2. The van der Waals surface area contributed by atoms with Crippen LogP contribution in [0.1, 0.15) is 189 Å². The molecule has 2 aromatic heterocycles. The Bertz CT molecular complexity index is 1830. The van der Waals surface area contributed by atoms with Crippen molar-refractivity contribution in [1.82, 2.24) is 20.6 Å². The average Bonchev–Trinajstić information content (AvgIpc) is 3.93. The molecular formula is C46H62N4O2. The number of aryl methyl sites for hydroxylation is 2. The lowest BCUT2D eigenvalue weighted by Gasteiger charge is -2.35. The molecule has 5 aromatic rings. The first-order chi connectivity index (χ1) is 25.5. The normalized spacial score (nSPS) is 15.0. The molecule has 0 radical (unpaired) electrons. The SMILES string of the molecule is CCCCCCC1(CCCCCC)c2cc3c(cc2-c2c1cc(C)c1nonc21)C(CCCCCC)(CCCCCC)c1cc(C)c2nonc2c1-3. The predicted octanol–water partition coefficient (Wildman–Crippen LogP) is 13.8. The first-order valence-corrected chi connectivity index (χ1v) is 21.2. The Morgan fingerprint density at radius 1 is 0.404 bits per heavy atom. The minimum atomic E-state index is -0.0847. The fourth-order valence-electron chi connectivity index (χ4n) is 10.3. The van der Waals surface area contributed by atoms with Gasteiger partial charge in [-0.2, -0.15) is 0 Å². The molecule has 3 aromatic carbocycles. The van der Waals surface area contributed by atoms with E-state index in [0.29, 0.717) is 0 Å². The van der Waals surface area contributed by atoms with Crippen molar-refractivity contribution in [2.45, 2.75) is 181 Å². The Morgan fingerprint density at radius 3 is 1.06 bits per heavy atom. The van der Waals surface area contributed by atoms with Crippen LogP contribution in [0.3, 0.4) is 0 Å². The van der Waals surface area contributed by atoms with E-state index in [1.807, 2.05) is 0 Å². The molecule has 2 aliphatic carbocycles. The molecule has 0 spiro atoms. The molecule has 0 saturated heterocycles. The highest BCUT2D eigenvalue weighted by atomic mass is 16.6. The maximum Gasteiger partial charge on any atom is 0.143 e. The molecule has 0 saturated carbocycles. The van der Waals surface area contributed by atoms with Gasteiger partial charge in [0.05, 0.1) is 0 Å². The fraction of sp³-hybridized carbons (Fsp3) is 0.609. The van der Waals surface area contributed by atoms with Crippen LogP contribution in [0, 0.1) is 13.8 Å². The van der Waals surface area contributed by atoms with Gasteiger partial charge < -0.3 is 0 Å². The minimum Gasteiger partial charge on any atom is -0.243 e. The van der Waals surface area contributed by atoms with Crippen LogP contribution in [0.4, 0.5) is 0 Å². The third kappa shape index (κ3) is 6.20. The molecular weight excluding hydrogens is 641 g/mol. The van der Waals surface area contributed by atoms with Crippen molar-refractivity contribution in [3.8, 4) is 22.3 Å². The second-order valence-corrected chi connectivity index (χ2v) is 16.5. The van der Waals surface area contributed by atoms with Gasteiger partial charge >= 0.3 is 0 Å². The van der Waals surface area contributed by atoms with E-state index in [4.69, 9.17) is 9.26 Å². The van der Waals surface area contributed by atoms with Crippen LogP contribution in [0.15, 0.2) is 33.5 Å². The molecule has 52 heavy (non-hydrogen) atoms. The maximum absolute atomic E-state index is 5.54. The second kappa shape index (κ2) is 15.8. The highest BCUT2D eigenvalue weighted by molar-refractivity contribution is 6.04. The van der Waals surface area contributed by atoms with Crippen LogP contribution in [0.2, 0.25) is 0 Å². The zero-order valence-electron chi connectivity index (χ0n) is 33.1. The minimum absolute atomic E-state index is 0.0847. The molecule has 7 rings (SSSR count). The van der Waals surface area contributed by atoms with Crippen molar-refractivity contribution >= 4 is 22.1 Å². The first-order valence-electron chi connectivity index (χ1n) is 21.2. The Morgan fingerprint density at radius 2 is 0.731 bits per heavy atom. The summed E-state index contributed by atoms with van der Waals surface area (Å²) in [5.74, 6) is 0. The van der Waals surface area contributed by atoms with Crippen LogP contribution in [0.25, 0.3) is 44.3 Å². The topological polar surface area (TPSA) is 77.8 Å². The number of aromatic nitrogens is 4. The van der Waals surface area contributed by atoms with Crippen LogP contribution in [0.5, 0.6) is 0 Å². The summed E-state index contributed by atoms with van der Waals surface area (Å²) >= 11 is 0. The van der Waals surface area contributed by atoms with E-state index in [0.717, 1.165) is 47.8 Å². The third-order valence-corrected chi connectivity index (χ3v) is 13.0. The van der Waals surface area contributed by atoms with Gasteiger partial charge in [-0.05, 0) is 117 Å². The van der Waals surface area contributed by atoms with Crippen LogP contribution in [-0.2, 0) is 10.8 Å². The Labute approximate surface area is 311 Å².